The van der Waals surface area contributed by atoms with E-state index in [9.17, 15) is 9.18 Å². The molecule has 3 rings (SSSR count). The number of nitrogens with one attached hydrogen (secondary N) is 1. The summed E-state index contributed by atoms with van der Waals surface area (Å²) < 4.78 is 14.1. The van der Waals surface area contributed by atoms with Crippen molar-refractivity contribution < 1.29 is 9.18 Å². The van der Waals surface area contributed by atoms with Gasteiger partial charge in [0.1, 0.15) is 11.5 Å². The molecule has 7 heteroatoms. The number of amides is 1. The fourth-order valence-electron chi connectivity index (χ4n) is 1.83. The fourth-order valence-corrected chi connectivity index (χ4v) is 2.65. The van der Waals surface area contributed by atoms with Gasteiger partial charge in [0.05, 0.1) is 4.70 Å². The lowest BCUT2D eigenvalue weighted by Gasteiger charge is -2.01. The summed E-state index contributed by atoms with van der Waals surface area (Å²) in [5.41, 5.74) is 6.24. The molecule has 0 fully saturated rings. The molecular weight excluding hydrogens is 255 g/mol. The Morgan fingerprint density at radius 3 is 2.94 bits per heavy atom. The van der Waals surface area contributed by atoms with E-state index in [4.69, 9.17) is 5.73 Å². The molecule has 0 atom stereocenters. The van der Waals surface area contributed by atoms with Crippen molar-refractivity contribution in [3.05, 3.63) is 35.1 Å². The van der Waals surface area contributed by atoms with Crippen molar-refractivity contribution in [2.24, 2.45) is 5.73 Å². The van der Waals surface area contributed by atoms with Crippen LogP contribution in [0.2, 0.25) is 0 Å². The maximum atomic E-state index is 13.6. The number of aromatic amines is 1. The molecule has 0 saturated carbocycles. The van der Waals surface area contributed by atoms with Gasteiger partial charge in [0, 0.05) is 10.9 Å². The van der Waals surface area contributed by atoms with E-state index in [1.807, 2.05) is 0 Å². The predicted octanol–water partition coefficient (Wildman–Crippen LogP) is 1.92. The monoisotopic (exact) mass is 262 g/mol. The van der Waals surface area contributed by atoms with Crippen molar-refractivity contribution in [1.82, 2.24) is 15.4 Å². The van der Waals surface area contributed by atoms with E-state index in [-0.39, 0.29) is 11.5 Å². The van der Waals surface area contributed by atoms with Crippen LogP contribution in [0.3, 0.4) is 0 Å². The molecular formula is C11H7FN4OS. The lowest BCUT2D eigenvalue weighted by molar-refractivity contribution is 0.0996. The normalized spacial score (nSPS) is 10.9. The van der Waals surface area contributed by atoms with Crippen molar-refractivity contribution in [2.45, 2.75) is 0 Å². The minimum Gasteiger partial charge on any atom is -0.364 e. The number of aromatic nitrogens is 3. The van der Waals surface area contributed by atoms with Gasteiger partial charge in [-0.1, -0.05) is 0 Å². The summed E-state index contributed by atoms with van der Waals surface area (Å²) in [5, 5.41) is 12.4. The number of nitrogens with zero attached hydrogens (tertiary/aromatic N) is 2. The Morgan fingerprint density at radius 1 is 1.33 bits per heavy atom. The summed E-state index contributed by atoms with van der Waals surface area (Å²) >= 11 is 1.29. The van der Waals surface area contributed by atoms with Crippen LogP contribution in [0.1, 0.15) is 10.5 Å². The third-order valence-electron chi connectivity index (χ3n) is 2.61. The average Bonchev–Trinajstić information content (AvgIpc) is 2.97. The van der Waals surface area contributed by atoms with Crippen molar-refractivity contribution in [2.75, 3.05) is 0 Å². The smallest absolute Gasteiger partial charge is 0.271 e. The molecule has 1 amide bonds. The van der Waals surface area contributed by atoms with Gasteiger partial charge in [-0.3, -0.25) is 4.79 Å². The Morgan fingerprint density at radius 2 is 2.17 bits per heavy atom. The van der Waals surface area contributed by atoms with Crippen LogP contribution >= 0.6 is 11.3 Å². The Balaban J connectivity index is 2.32. The number of H-pyrrole nitrogens is 1. The Bertz CT molecular complexity index is 748. The number of hydrogen-bond donors (Lipinski definition) is 2. The van der Waals surface area contributed by atoms with Crippen molar-refractivity contribution in [1.29, 1.82) is 0 Å². The number of carbonyl (C=O) groups is 1. The van der Waals surface area contributed by atoms with Crippen LogP contribution in [0, 0.1) is 5.82 Å². The predicted molar refractivity (Wildman–Crippen MR) is 65.7 cm³/mol. The Kier molecular flexibility index (Phi) is 2.34. The molecule has 3 N–H and O–H groups in total. The first-order chi connectivity index (χ1) is 8.68. The minimum absolute atomic E-state index is 0.0501. The van der Waals surface area contributed by atoms with E-state index in [2.05, 4.69) is 15.4 Å². The van der Waals surface area contributed by atoms with Gasteiger partial charge in [-0.25, -0.2) is 4.39 Å². The molecule has 2 aromatic heterocycles. The summed E-state index contributed by atoms with van der Waals surface area (Å²) in [6, 6.07) is 4.68. The Hall–Kier alpha value is -2.28. The van der Waals surface area contributed by atoms with Gasteiger partial charge in [-0.2, -0.15) is 15.4 Å². The first-order valence-corrected chi connectivity index (χ1v) is 5.93. The zero-order valence-electron chi connectivity index (χ0n) is 8.98. The third kappa shape index (κ3) is 1.48. The number of nitrogens with two attached hydrogens (primary N) is 1. The van der Waals surface area contributed by atoms with E-state index in [0.29, 0.717) is 21.3 Å². The molecule has 18 heavy (non-hydrogen) atoms. The second kappa shape index (κ2) is 3.88. The average molecular weight is 262 g/mol. The second-order valence-electron chi connectivity index (χ2n) is 3.64. The van der Waals surface area contributed by atoms with Crippen LogP contribution in [0.25, 0.3) is 21.3 Å². The van der Waals surface area contributed by atoms with E-state index in [0.717, 1.165) is 0 Å². The topological polar surface area (TPSA) is 84.7 Å². The molecule has 90 valence electrons. The highest BCUT2D eigenvalue weighted by Gasteiger charge is 2.18. The maximum Gasteiger partial charge on any atom is 0.271 e. The fraction of sp³-hybridized carbons (Fsp3) is 0. The van der Waals surface area contributed by atoms with Crippen LogP contribution in [0.4, 0.5) is 4.39 Å². The maximum absolute atomic E-state index is 13.6. The highest BCUT2D eigenvalue weighted by atomic mass is 32.1. The van der Waals surface area contributed by atoms with Gasteiger partial charge in [0.15, 0.2) is 5.69 Å². The number of halogens is 1. The van der Waals surface area contributed by atoms with E-state index in [1.165, 1.54) is 17.4 Å². The number of carbonyl (C=O) groups excluding carboxylic acids is 1. The third-order valence-corrected chi connectivity index (χ3v) is 3.53. The van der Waals surface area contributed by atoms with E-state index >= 15 is 0 Å². The van der Waals surface area contributed by atoms with Gasteiger partial charge < -0.3 is 5.73 Å². The number of rotatable bonds is 2. The molecule has 0 bridgehead atoms. The van der Waals surface area contributed by atoms with Crippen molar-refractivity contribution >= 4 is 27.3 Å². The number of benzene rings is 1. The standard InChI is InChI=1S/C11H7FN4OS/c12-7-2-1-5(6-3-4-18-10(6)7)8-9(11(13)17)15-16-14-8/h1-4H,(H2,13,17)(H,14,15,16). The lowest BCUT2D eigenvalue weighted by atomic mass is 10.1. The van der Waals surface area contributed by atoms with Crippen molar-refractivity contribution in [3.8, 4) is 11.3 Å². The molecule has 3 aromatic rings. The SMILES string of the molecule is NC(=O)c1n[nH]nc1-c1ccc(F)c2sccc12. The zero-order chi connectivity index (χ0) is 12.7. The van der Waals surface area contributed by atoms with Gasteiger partial charge in [-0.05, 0) is 23.6 Å². The molecule has 0 radical (unpaired) electrons. The summed E-state index contributed by atoms with van der Waals surface area (Å²) in [6.45, 7) is 0. The molecule has 0 aliphatic carbocycles. The minimum atomic E-state index is -0.675. The van der Waals surface area contributed by atoms with Crippen LogP contribution in [-0.4, -0.2) is 21.3 Å². The first-order valence-electron chi connectivity index (χ1n) is 5.05. The molecule has 0 spiro atoms. The molecule has 0 saturated heterocycles. The van der Waals surface area contributed by atoms with Crippen LogP contribution in [0.5, 0.6) is 0 Å². The number of fused-ring (bicyclic) bond motifs is 1. The summed E-state index contributed by atoms with van der Waals surface area (Å²) in [7, 11) is 0. The van der Waals surface area contributed by atoms with E-state index < -0.39 is 5.91 Å². The summed E-state index contributed by atoms with van der Waals surface area (Å²) in [4.78, 5) is 11.2. The number of hydrogen-bond acceptors (Lipinski definition) is 4. The lowest BCUT2D eigenvalue weighted by Crippen LogP contribution is -2.12. The first kappa shape index (κ1) is 10.8. The van der Waals surface area contributed by atoms with Crippen LogP contribution in [-0.2, 0) is 0 Å². The molecule has 0 unspecified atom stereocenters. The highest BCUT2D eigenvalue weighted by Crippen LogP contribution is 2.33. The number of primary amides is 1. The molecule has 0 aliphatic heterocycles. The molecule has 1 aromatic carbocycles. The largest absolute Gasteiger partial charge is 0.364 e. The van der Waals surface area contributed by atoms with Crippen molar-refractivity contribution in [3.63, 3.8) is 0 Å². The quantitative estimate of drug-likeness (QED) is 0.740. The van der Waals surface area contributed by atoms with Gasteiger partial charge in [-0.15, -0.1) is 11.3 Å². The molecule has 0 aliphatic rings. The Labute approximate surface area is 104 Å². The van der Waals surface area contributed by atoms with Gasteiger partial charge in [0.2, 0.25) is 0 Å². The van der Waals surface area contributed by atoms with Gasteiger partial charge >= 0.3 is 0 Å². The summed E-state index contributed by atoms with van der Waals surface area (Å²) in [5.74, 6) is -0.973. The molecule has 2 heterocycles. The second-order valence-corrected chi connectivity index (χ2v) is 4.56. The molecule has 5 nitrogen and oxygen atoms in total. The van der Waals surface area contributed by atoms with Crippen LogP contribution in [0.15, 0.2) is 23.6 Å². The highest BCUT2D eigenvalue weighted by molar-refractivity contribution is 7.17. The number of thiophene rings is 1. The summed E-state index contributed by atoms with van der Waals surface area (Å²) in [6.07, 6.45) is 0. The van der Waals surface area contributed by atoms with Crippen LogP contribution < -0.4 is 5.73 Å². The van der Waals surface area contributed by atoms with E-state index in [1.54, 1.807) is 17.5 Å². The zero-order valence-corrected chi connectivity index (χ0v) is 9.79. The van der Waals surface area contributed by atoms with Gasteiger partial charge in [0.25, 0.3) is 5.91 Å².